The van der Waals surface area contributed by atoms with E-state index in [9.17, 15) is 9.59 Å². The molecular formula is C17H19N3O4S. The van der Waals surface area contributed by atoms with E-state index < -0.39 is 0 Å². The van der Waals surface area contributed by atoms with Gasteiger partial charge < -0.3 is 19.7 Å². The molecule has 7 nitrogen and oxygen atoms in total. The Kier molecular flexibility index (Phi) is 5.49. The molecule has 0 radical (unpaired) electrons. The van der Waals surface area contributed by atoms with Crippen LogP contribution >= 0.6 is 11.3 Å². The number of hydrogen-bond acceptors (Lipinski definition) is 6. The van der Waals surface area contributed by atoms with Crippen LogP contribution in [0.5, 0.6) is 11.5 Å². The molecule has 2 amide bonds. The van der Waals surface area contributed by atoms with E-state index in [1.54, 1.807) is 23.6 Å². The number of anilines is 1. The average molecular weight is 361 g/mol. The Morgan fingerprint density at radius 1 is 1.40 bits per heavy atom. The molecule has 8 heteroatoms. The van der Waals surface area contributed by atoms with Gasteiger partial charge in [0.2, 0.25) is 11.8 Å². The van der Waals surface area contributed by atoms with Crippen molar-refractivity contribution in [3.63, 3.8) is 0 Å². The molecule has 0 unspecified atom stereocenters. The van der Waals surface area contributed by atoms with Gasteiger partial charge in [-0.15, -0.1) is 11.3 Å². The maximum absolute atomic E-state index is 12.2. The summed E-state index contributed by atoms with van der Waals surface area (Å²) >= 11 is 1.35. The second kappa shape index (κ2) is 7.98. The third kappa shape index (κ3) is 4.27. The quantitative estimate of drug-likeness (QED) is 0.816. The summed E-state index contributed by atoms with van der Waals surface area (Å²) in [4.78, 5) is 30.0. The van der Waals surface area contributed by atoms with Crippen LogP contribution in [0.15, 0.2) is 35.8 Å². The maximum atomic E-state index is 12.2. The number of nitrogens with zero attached hydrogens (tertiary/aromatic N) is 2. The Morgan fingerprint density at radius 2 is 2.20 bits per heavy atom. The fourth-order valence-corrected chi connectivity index (χ4v) is 3.19. The van der Waals surface area contributed by atoms with Crippen LogP contribution in [-0.4, -0.2) is 48.5 Å². The molecule has 1 N–H and O–H groups in total. The van der Waals surface area contributed by atoms with Crippen LogP contribution < -0.4 is 14.8 Å². The molecule has 25 heavy (non-hydrogen) atoms. The second-order valence-electron chi connectivity index (χ2n) is 5.57. The highest BCUT2D eigenvalue weighted by molar-refractivity contribution is 7.13. The predicted molar refractivity (Wildman–Crippen MR) is 93.9 cm³/mol. The third-order valence-corrected chi connectivity index (χ3v) is 4.62. The van der Waals surface area contributed by atoms with Crippen LogP contribution in [0.1, 0.15) is 6.42 Å². The van der Waals surface area contributed by atoms with E-state index in [2.05, 4.69) is 10.3 Å². The van der Waals surface area contributed by atoms with E-state index >= 15 is 0 Å². The van der Waals surface area contributed by atoms with Crippen molar-refractivity contribution in [2.45, 2.75) is 6.42 Å². The number of ether oxygens (including phenoxy) is 2. The maximum Gasteiger partial charge on any atom is 0.231 e. The third-order valence-electron chi connectivity index (χ3n) is 3.94. The zero-order valence-electron chi connectivity index (χ0n) is 13.8. The standard InChI is InChI=1S/C17H19N3O4S/c1-23-13-4-2-3-5-14(13)24-8-7-20-11-12(10-15(20)21)16(22)19-17-18-6-9-25-17/h2-6,9,12H,7-8,10-11H2,1H3,(H,18,19,22)/t12-/m1/s1. The molecule has 1 fully saturated rings. The summed E-state index contributed by atoms with van der Waals surface area (Å²) in [5, 5.41) is 5.08. The van der Waals surface area contributed by atoms with Crippen molar-refractivity contribution in [1.29, 1.82) is 0 Å². The zero-order chi connectivity index (χ0) is 17.6. The Morgan fingerprint density at radius 3 is 2.92 bits per heavy atom. The van der Waals surface area contributed by atoms with Crippen molar-refractivity contribution in [2.24, 2.45) is 5.92 Å². The fourth-order valence-electron chi connectivity index (χ4n) is 2.66. The molecule has 1 saturated heterocycles. The van der Waals surface area contributed by atoms with Crippen LogP contribution in [0.4, 0.5) is 5.13 Å². The van der Waals surface area contributed by atoms with Gasteiger partial charge in [0, 0.05) is 24.5 Å². The topological polar surface area (TPSA) is 80.8 Å². The first-order valence-corrected chi connectivity index (χ1v) is 8.79. The van der Waals surface area contributed by atoms with Gasteiger partial charge in [-0.3, -0.25) is 9.59 Å². The van der Waals surface area contributed by atoms with E-state index in [1.807, 2.05) is 24.3 Å². The number of para-hydroxylation sites is 2. The minimum absolute atomic E-state index is 0.0390. The summed E-state index contributed by atoms with van der Waals surface area (Å²) in [5.41, 5.74) is 0. The molecule has 1 aliphatic heterocycles. The fraction of sp³-hybridized carbons (Fsp3) is 0.353. The predicted octanol–water partition coefficient (Wildman–Crippen LogP) is 2.02. The van der Waals surface area contributed by atoms with Gasteiger partial charge in [0.15, 0.2) is 16.6 Å². The Balaban J connectivity index is 1.49. The van der Waals surface area contributed by atoms with Crippen molar-refractivity contribution in [3.8, 4) is 11.5 Å². The minimum atomic E-state index is -0.359. The molecule has 0 saturated carbocycles. The zero-order valence-corrected chi connectivity index (χ0v) is 14.6. The number of likely N-dealkylation sites (tertiary alicyclic amines) is 1. The Bertz CT molecular complexity index is 735. The lowest BCUT2D eigenvalue weighted by molar-refractivity contribution is -0.128. The summed E-state index contributed by atoms with van der Waals surface area (Å²) < 4.78 is 10.9. The van der Waals surface area contributed by atoms with Gasteiger partial charge in [-0.05, 0) is 12.1 Å². The van der Waals surface area contributed by atoms with Crippen LogP contribution in [-0.2, 0) is 9.59 Å². The monoisotopic (exact) mass is 361 g/mol. The molecule has 0 spiro atoms. The van der Waals surface area contributed by atoms with E-state index in [1.165, 1.54) is 11.3 Å². The smallest absolute Gasteiger partial charge is 0.231 e. The van der Waals surface area contributed by atoms with Crippen LogP contribution in [0.25, 0.3) is 0 Å². The summed E-state index contributed by atoms with van der Waals surface area (Å²) in [7, 11) is 1.58. The first-order valence-electron chi connectivity index (χ1n) is 7.91. The number of carbonyl (C=O) groups excluding carboxylic acids is 2. The second-order valence-corrected chi connectivity index (χ2v) is 6.46. The van der Waals surface area contributed by atoms with Gasteiger partial charge in [-0.1, -0.05) is 12.1 Å². The normalized spacial score (nSPS) is 16.8. The van der Waals surface area contributed by atoms with Crippen molar-refractivity contribution in [2.75, 3.05) is 32.1 Å². The number of aromatic nitrogens is 1. The summed E-state index contributed by atoms with van der Waals surface area (Å²) in [6, 6.07) is 7.35. The number of hydrogen-bond donors (Lipinski definition) is 1. The minimum Gasteiger partial charge on any atom is -0.493 e. The summed E-state index contributed by atoms with van der Waals surface area (Å²) in [6.07, 6.45) is 1.84. The van der Waals surface area contributed by atoms with Gasteiger partial charge in [-0.25, -0.2) is 4.98 Å². The number of benzene rings is 1. The number of thiazole rings is 1. The first-order chi connectivity index (χ1) is 12.2. The van der Waals surface area contributed by atoms with Crippen molar-refractivity contribution in [3.05, 3.63) is 35.8 Å². The van der Waals surface area contributed by atoms with E-state index in [0.29, 0.717) is 36.3 Å². The highest BCUT2D eigenvalue weighted by Gasteiger charge is 2.34. The number of amides is 2. The lowest BCUT2D eigenvalue weighted by Crippen LogP contribution is -2.31. The molecule has 2 heterocycles. The van der Waals surface area contributed by atoms with Gasteiger partial charge in [0.25, 0.3) is 0 Å². The summed E-state index contributed by atoms with van der Waals surface area (Å²) in [6.45, 7) is 1.16. The molecule has 1 atom stereocenters. The molecular weight excluding hydrogens is 342 g/mol. The molecule has 0 aliphatic carbocycles. The first kappa shape index (κ1) is 17.2. The van der Waals surface area contributed by atoms with Gasteiger partial charge in [-0.2, -0.15) is 0 Å². The number of nitrogens with one attached hydrogen (secondary N) is 1. The highest BCUT2D eigenvalue weighted by Crippen LogP contribution is 2.26. The SMILES string of the molecule is COc1ccccc1OCCN1C[C@H](C(=O)Nc2nccs2)CC1=O. The van der Waals surface area contributed by atoms with Gasteiger partial charge >= 0.3 is 0 Å². The molecule has 0 bridgehead atoms. The summed E-state index contributed by atoms with van der Waals surface area (Å²) in [5.74, 6) is 0.715. The van der Waals surface area contributed by atoms with Crippen LogP contribution in [0.3, 0.4) is 0 Å². The number of carbonyl (C=O) groups is 2. The van der Waals surface area contributed by atoms with E-state index in [4.69, 9.17) is 9.47 Å². The molecule has 1 aromatic carbocycles. The molecule has 132 valence electrons. The number of methoxy groups -OCH3 is 1. The van der Waals surface area contributed by atoms with Crippen LogP contribution in [0, 0.1) is 5.92 Å². The van der Waals surface area contributed by atoms with Crippen molar-refractivity contribution < 1.29 is 19.1 Å². The van der Waals surface area contributed by atoms with Gasteiger partial charge in [0.1, 0.15) is 6.61 Å². The Labute approximate surface area is 149 Å². The molecule has 1 aromatic heterocycles. The number of rotatable bonds is 7. The average Bonchev–Trinajstić information content (AvgIpc) is 3.25. The van der Waals surface area contributed by atoms with E-state index in [0.717, 1.165) is 0 Å². The molecule has 1 aliphatic rings. The Hall–Kier alpha value is -2.61. The van der Waals surface area contributed by atoms with Crippen molar-refractivity contribution in [1.82, 2.24) is 9.88 Å². The lowest BCUT2D eigenvalue weighted by atomic mass is 10.1. The highest BCUT2D eigenvalue weighted by atomic mass is 32.1. The van der Waals surface area contributed by atoms with Crippen molar-refractivity contribution >= 4 is 28.3 Å². The van der Waals surface area contributed by atoms with Gasteiger partial charge in [0.05, 0.1) is 19.6 Å². The lowest BCUT2D eigenvalue weighted by Gasteiger charge is -2.17. The van der Waals surface area contributed by atoms with E-state index in [-0.39, 0.29) is 24.2 Å². The van der Waals surface area contributed by atoms with Crippen LogP contribution in [0.2, 0.25) is 0 Å². The largest absolute Gasteiger partial charge is 0.493 e. The molecule has 2 aromatic rings. The molecule has 3 rings (SSSR count).